The highest BCUT2D eigenvalue weighted by atomic mass is 32.2. The van der Waals surface area contributed by atoms with Crippen molar-refractivity contribution in [1.29, 1.82) is 5.26 Å². The summed E-state index contributed by atoms with van der Waals surface area (Å²) in [4.78, 5) is 0. The Balaban J connectivity index is 1.64. The molecule has 1 aromatic heterocycles. The van der Waals surface area contributed by atoms with Crippen LogP contribution in [0.15, 0.2) is 78.9 Å². The number of benzene rings is 3. The van der Waals surface area contributed by atoms with Crippen LogP contribution in [0.1, 0.15) is 11.3 Å². The zero-order chi connectivity index (χ0) is 22.0. The number of sulfonamides is 1. The van der Waals surface area contributed by atoms with Crippen LogP contribution < -0.4 is 4.72 Å². The smallest absolute Gasteiger partial charge is 0.229 e. The monoisotopic (exact) mass is 428 g/mol. The first kappa shape index (κ1) is 20.4. The van der Waals surface area contributed by atoms with E-state index in [4.69, 9.17) is 5.26 Å². The minimum absolute atomic E-state index is 0.503. The Hall–Kier alpha value is -3.89. The number of nitrogens with one attached hydrogen (secondary N) is 1. The molecule has 3 aromatic carbocycles. The van der Waals surface area contributed by atoms with Crippen molar-refractivity contribution in [1.82, 2.24) is 9.78 Å². The zero-order valence-electron chi connectivity index (χ0n) is 17.1. The molecule has 0 unspecified atom stereocenters. The van der Waals surface area contributed by atoms with Gasteiger partial charge in [-0.05, 0) is 60.5 Å². The first-order valence-electron chi connectivity index (χ1n) is 9.58. The average Bonchev–Trinajstić information content (AvgIpc) is 3.15. The summed E-state index contributed by atoms with van der Waals surface area (Å²) < 4.78 is 27.1. The Morgan fingerprint density at radius 1 is 0.871 bits per heavy atom. The topological polar surface area (TPSA) is 87.8 Å². The highest BCUT2D eigenvalue weighted by Crippen LogP contribution is 2.28. The van der Waals surface area contributed by atoms with Crippen LogP contribution >= 0.6 is 0 Å². The molecular weight excluding hydrogens is 408 g/mol. The molecule has 1 heterocycles. The zero-order valence-corrected chi connectivity index (χ0v) is 17.9. The Kier molecular flexibility index (Phi) is 5.32. The Morgan fingerprint density at radius 3 is 1.97 bits per heavy atom. The van der Waals surface area contributed by atoms with E-state index in [0.29, 0.717) is 11.3 Å². The molecule has 0 aliphatic carbocycles. The van der Waals surface area contributed by atoms with Crippen molar-refractivity contribution in [2.45, 2.75) is 6.92 Å². The van der Waals surface area contributed by atoms with Gasteiger partial charge in [0.05, 0.1) is 35.0 Å². The summed E-state index contributed by atoms with van der Waals surface area (Å²) in [5.74, 6) is 0. The second kappa shape index (κ2) is 8.09. The molecule has 4 rings (SSSR count). The molecule has 6 nitrogen and oxygen atoms in total. The maximum absolute atomic E-state index is 11.4. The number of aromatic nitrogens is 2. The minimum Gasteiger partial charge on any atom is -0.284 e. The second-order valence-electron chi connectivity index (χ2n) is 7.27. The van der Waals surface area contributed by atoms with Crippen LogP contribution in [-0.4, -0.2) is 24.5 Å². The van der Waals surface area contributed by atoms with Crippen LogP contribution in [0.3, 0.4) is 0 Å². The summed E-state index contributed by atoms with van der Waals surface area (Å²) in [5, 5.41) is 13.6. The normalized spacial score (nSPS) is 11.1. The largest absolute Gasteiger partial charge is 0.284 e. The molecule has 154 valence electrons. The lowest BCUT2D eigenvalue weighted by atomic mass is 10.0. The first-order valence-corrected chi connectivity index (χ1v) is 11.5. The number of aryl methyl sites for hydroxylation is 1. The third kappa shape index (κ3) is 4.65. The molecule has 7 heteroatoms. The van der Waals surface area contributed by atoms with Crippen molar-refractivity contribution < 1.29 is 8.42 Å². The number of nitriles is 1. The van der Waals surface area contributed by atoms with Crippen molar-refractivity contribution in [3.63, 3.8) is 0 Å². The molecule has 0 radical (unpaired) electrons. The SMILES string of the molecule is Cc1cc(-c2ccc(-c3ccc(C#N)cc3)cc2)n(-c2ccc(NS(C)(=O)=O)cc2)n1. The predicted molar refractivity (Wildman–Crippen MR) is 122 cm³/mol. The van der Waals surface area contributed by atoms with Gasteiger partial charge in [0, 0.05) is 11.3 Å². The fourth-order valence-electron chi connectivity index (χ4n) is 3.36. The van der Waals surface area contributed by atoms with Crippen LogP contribution in [0.2, 0.25) is 0 Å². The Morgan fingerprint density at radius 2 is 1.42 bits per heavy atom. The van der Waals surface area contributed by atoms with Gasteiger partial charge in [-0.2, -0.15) is 10.4 Å². The van der Waals surface area contributed by atoms with E-state index >= 15 is 0 Å². The summed E-state index contributed by atoms with van der Waals surface area (Å²) in [6, 6.07) is 26.9. The van der Waals surface area contributed by atoms with Crippen molar-refractivity contribution in [2.24, 2.45) is 0 Å². The lowest BCUT2D eigenvalue weighted by Crippen LogP contribution is -2.09. The molecule has 1 N–H and O–H groups in total. The van der Waals surface area contributed by atoms with Crippen LogP contribution in [0, 0.1) is 18.3 Å². The first-order chi connectivity index (χ1) is 14.8. The molecule has 0 aliphatic heterocycles. The van der Waals surface area contributed by atoms with E-state index in [-0.39, 0.29) is 0 Å². The van der Waals surface area contributed by atoms with Gasteiger partial charge in [0.1, 0.15) is 0 Å². The van der Waals surface area contributed by atoms with Gasteiger partial charge in [-0.25, -0.2) is 13.1 Å². The summed E-state index contributed by atoms with van der Waals surface area (Å²) in [6.45, 7) is 1.94. The third-order valence-corrected chi connectivity index (χ3v) is 5.38. The van der Waals surface area contributed by atoms with Crippen molar-refractivity contribution in [3.8, 4) is 34.1 Å². The molecule has 0 aliphatic rings. The van der Waals surface area contributed by atoms with Crippen LogP contribution in [0.5, 0.6) is 0 Å². The quantitative estimate of drug-likeness (QED) is 0.496. The van der Waals surface area contributed by atoms with Crippen LogP contribution in [0.25, 0.3) is 28.1 Å². The van der Waals surface area contributed by atoms with Crippen molar-refractivity contribution >= 4 is 15.7 Å². The van der Waals surface area contributed by atoms with E-state index in [9.17, 15) is 8.42 Å². The molecule has 0 atom stereocenters. The molecule has 0 bridgehead atoms. The summed E-state index contributed by atoms with van der Waals surface area (Å²) >= 11 is 0. The fraction of sp³-hybridized carbons (Fsp3) is 0.0833. The van der Waals surface area contributed by atoms with E-state index in [2.05, 4.69) is 15.9 Å². The predicted octanol–water partition coefficient (Wildman–Crippen LogP) is 4.76. The van der Waals surface area contributed by atoms with Crippen molar-refractivity contribution in [3.05, 3.63) is 90.1 Å². The van der Waals surface area contributed by atoms with Crippen LogP contribution in [0.4, 0.5) is 5.69 Å². The fourth-order valence-corrected chi connectivity index (χ4v) is 3.92. The van der Waals surface area contributed by atoms with E-state index in [1.165, 1.54) is 0 Å². The highest BCUT2D eigenvalue weighted by Gasteiger charge is 2.11. The molecule has 0 fully saturated rings. The van der Waals surface area contributed by atoms with E-state index in [0.717, 1.165) is 40.0 Å². The molecular formula is C24H20N4O2S. The second-order valence-corrected chi connectivity index (χ2v) is 9.02. The van der Waals surface area contributed by atoms with Gasteiger partial charge in [-0.1, -0.05) is 36.4 Å². The third-order valence-electron chi connectivity index (χ3n) is 4.77. The summed E-state index contributed by atoms with van der Waals surface area (Å²) in [5.41, 5.74) is 6.91. The maximum Gasteiger partial charge on any atom is 0.229 e. The lowest BCUT2D eigenvalue weighted by molar-refractivity contribution is 0.607. The highest BCUT2D eigenvalue weighted by molar-refractivity contribution is 7.92. The van der Waals surface area contributed by atoms with Gasteiger partial charge < -0.3 is 0 Å². The van der Waals surface area contributed by atoms with Gasteiger partial charge >= 0.3 is 0 Å². The van der Waals surface area contributed by atoms with E-state index in [1.807, 2.05) is 78.3 Å². The number of hydrogen-bond donors (Lipinski definition) is 1. The van der Waals surface area contributed by atoms with E-state index in [1.54, 1.807) is 12.1 Å². The molecule has 0 spiro atoms. The lowest BCUT2D eigenvalue weighted by Gasteiger charge is -2.10. The number of nitrogens with zero attached hydrogens (tertiary/aromatic N) is 3. The van der Waals surface area contributed by atoms with Gasteiger partial charge in [0.15, 0.2) is 0 Å². The molecule has 4 aromatic rings. The summed E-state index contributed by atoms with van der Waals surface area (Å²) in [7, 11) is -3.32. The standard InChI is InChI=1S/C24H20N4O2S/c1-17-15-24(28(26-17)23-13-11-22(12-14-23)27-31(2,29)30)21-9-7-20(8-10-21)19-5-3-18(16-25)4-6-19/h3-15,27H,1-2H3. The van der Waals surface area contributed by atoms with E-state index < -0.39 is 10.0 Å². The number of hydrogen-bond acceptors (Lipinski definition) is 4. The maximum atomic E-state index is 11.4. The van der Waals surface area contributed by atoms with Crippen LogP contribution in [-0.2, 0) is 10.0 Å². The Labute approximate surface area is 181 Å². The molecule has 31 heavy (non-hydrogen) atoms. The van der Waals surface area contributed by atoms with Crippen molar-refractivity contribution in [2.75, 3.05) is 11.0 Å². The van der Waals surface area contributed by atoms with Gasteiger partial charge in [-0.3, -0.25) is 4.72 Å². The van der Waals surface area contributed by atoms with Gasteiger partial charge in [-0.15, -0.1) is 0 Å². The molecule has 0 saturated carbocycles. The number of anilines is 1. The average molecular weight is 429 g/mol. The van der Waals surface area contributed by atoms with Gasteiger partial charge in [0.25, 0.3) is 0 Å². The minimum atomic E-state index is -3.32. The summed E-state index contributed by atoms with van der Waals surface area (Å²) in [6.07, 6.45) is 1.12. The van der Waals surface area contributed by atoms with Gasteiger partial charge in [0.2, 0.25) is 10.0 Å². The molecule has 0 amide bonds. The molecule has 0 saturated heterocycles. The Bertz CT molecular complexity index is 1360. The number of rotatable bonds is 5.